The molecular weight excluding hydrogens is 311 g/mol. The van der Waals surface area contributed by atoms with Crippen LogP contribution in [-0.4, -0.2) is 40.7 Å². The second-order valence-electron chi connectivity index (χ2n) is 6.07. The van der Waals surface area contributed by atoms with Gasteiger partial charge in [-0.3, -0.25) is 9.48 Å². The molecule has 1 rings (SSSR count). The number of aromatic nitrogens is 2. The molecule has 0 spiro atoms. The van der Waals surface area contributed by atoms with Crippen LogP contribution in [0, 0.1) is 19.3 Å². The van der Waals surface area contributed by atoms with E-state index in [0.29, 0.717) is 19.5 Å². The number of nitrogens with zero attached hydrogens (tertiary/aromatic N) is 3. The van der Waals surface area contributed by atoms with E-state index in [9.17, 15) is 4.79 Å². The average molecular weight is 339 g/mol. The predicted octanol–water partition coefficient (Wildman–Crippen LogP) is 1.87. The smallest absolute Gasteiger partial charge is 0.226 e. The lowest BCUT2D eigenvalue weighted by molar-refractivity contribution is -0.130. The Morgan fingerprint density at radius 3 is 2.24 bits per heavy atom. The van der Waals surface area contributed by atoms with E-state index in [2.05, 4.69) is 18.9 Å². The molecule has 0 saturated heterocycles. The second-order valence-corrected chi connectivity index (χ2v) is 6.07. The Morgan fingerprint density at radius 1 is 1.33 bits per heavy atom. The summed E-state index contributed by atoms with van der Waals surface area (Å²) in [5, 5.41) is 4.34. The Bertz CT molecular complexity index is 472. The number of hydrogen-bond donors (Lipinski definition) is 1. The van der Waals surface area contributed by atoms with Gasteiger partial charge >= 0.3 is 0 Å². The zero-order valence-corrected chi connectivity index (χ0v) is 15.4. The van der Waals surface area contributed by atoms with Crippen LogP contribution in [0.1, 0.15) is 30.8 Å². The van der Waals surface area contributed by atoms with Crippen LogP contribution in [0.25, 0.3) is 0 Å². The van der Waals surface area contributed by atoms with E-state index >= 15 is 0 Å². The van der Waals surface area contributed by atoms with Gasteiger partial charge in [0.1, 0.15) is 0 Å². The van der Waals surface area contributed by atoms with Crippen LogP contribution in [0.5, 0.6) is 0 Å². The lowest BCUT2D eigenvalue weighted by Crippen LogP contribution is -2.40. The molecule has 1 heterocycles. The highest BCUT2D eigenvalue weighted by Crippen LogP contribution is 2.17. The number of amides is 1. The first-order valence-corrected chi connectivity index (χ1v) is 6.61. The van der Waals surface area contributed by atoms with Gasteiger partial charge < -0.3 is 10.6 Å². The number of nitrogens with two attached hydrogens (primary N) is 1. The molecule has 0 saturated carbocycles. The predicted molar refractivity (Wildman–Crippen MR) is 91.4 cm³/mol. The Labute approximate surface area is 140 Å². The number of hydrogen-bond acceptors (Lipinski definition) is 3. The third-order valence-corrected chi connectivity index (χ3v) is 3.63. The lowest BCUT2D eigenvalue weighted by atomic mass is 9.93. The zero-order chi connectivity index (χ0) is 14.8. The average Bonchev–Trinajstić information content (AvgIpc) is 2.55. The molecule has 0 aliphatic rings. The van der Waals surface area contributed by atoms with Crippen LogP contribution in [0.15, 0.2) is 0 Å². The summed E-state index contributed by atoms with van der Waals surface area (Å²) in [6.45, 7) is 9.30. The molecule has 0 atom stereocenters. The normalized spacial score (nSPS) is 10.6. The standard InChI is InChI=1S/C14H26N4O.2ClH/c1-10-12(11(2)18(6)16-10)7-13(19)17(5)9-14(3,4)8-15;;/h7-9,15H2,1-6H3;2*1H. The topological polar surface area (TPSA) is 64.2 Å². The molecular formula is C14H28Cl2N4O. The van der Waals surface area contributed by atoms with E-state index in [1.165, 1.54) is 0 Å². The van der Waals surface area contributed by atoms with Crippen LogP contribution in [-0.2, 0) is 18.3 Å². The minimum absolute atomic E-state index is 0. The van der Waals surface area contributed by atoms with E-state index in [4.69, 9.17) is 5.73 Å². The highest BCUT2D eigenvalue weighted by Gasteiger charge is 2.22. The van der Waals surface area contributed by atoms with Crippen molar-refractivity contribution < 1.29 is 4.79 Å². The molecule has 1 amide bonds. The first kappa shape index (κ1) is 22.5. The Balaban J connectivity index is 0. The summed E-state index contributed by atoms with van der Waals surface area (Å²) in [7, 11) is 3.73. The molecule has 0 fully saturated rings. The highest BCUT2D eigenvalue weighted by molar-refractivity contribution is 5.85. The number of carbonyl (C=O) groups excluding carboxylic acids is 1. The molecule has 1 aromatic rings. The molecule has 5 nitrogen and oxygen atoms in total. The van der Waals surface area contributed by atoms with Gasteiger partial charge in [-0.15, -0.1) is 24.8 Å². The van der Waals surface area contributed by atoms with Crippen LogP contribution in [0.3, 0.4) is 0 Å². The van der Waals surface area contributed by atoms with Gasteiger partial charge in [0.25, 0.3) is 0 Å². The van der Waals surface area contributed by atoms with Gasteiger partial charge in [-0.1, -0.05) is 13.8 Å². The van der Waals surface area contributed by atoms with E-state index < -0.39 is 0 Å². The maximum Gasteiger partial charge on any atom is 0.226 e. The van der Waals surface area contributed by atoms with E-state index in [1.54, 1.807) is 4.90 Å². The molecule has 2 N–H and O–H groups in total. The summed E-state index contributed by atoms with van der Waals surface area (Å²) < 4.78 is 1.82. The third kappa shape index (κ3) is 5.85. The Morgan fingerprint density at radius 2 is 1.86 bits per heavy atom. The Kier molecular flexibility index (Phi) is 9.23. The van der Waals surface area contributed by atoms with Crippen molar-refractivity contribution in [2.75, 3.05) is 20.1 Å². The number of rotatable bonds is 5. The van der Waals surface area contributed by atoms with Gasteiger partial charge in [-0.2, -0.15) is 5.10 Å². The minimum atomic E-state index is -0.0521. The fraction of sp³-hybridized carbons (Fsp3) is 0.714. The van der Waals surface area contributed by atoms with Gasteiger partial charge in [0, 0.05) is 31.9 Å². The quantitative estimate of drug-likeness (QED) is 0.891. The van der Waals surface area contributed by atoms with Crippen molar-refractivity contribution >= 4 is 30.7 Å². The molecule has 0 aliphatic heterocycles. The summed E-state index contributed by atoms with van der Waals surface area (Å²) >= 11 is 0. The van der Waals surface area contributed by atoms with Gasteiger partial charge in [0.2, 0.25) is 5.91 Å². The summed E-state index contributed by atoms with van der Waals surface area (Å²) in [6.07, 6.45) is 0.405. The van der Waals surface area contributed by atoms with Crippen molar-refractivity contribution in [1.82, 2.24) is 14.7 Å². The first-order chi connectivity index (χ1) is 8.68. The van der Waals surface area contributed by atoms with Crippen LogP contribution in [0.4, 0.5) is 0 Å². The zero-order valence-electron chi connectivity index (χ0n) is 13.8. The second kappa shape index (κ2) is 8.61. The Hall–Kier alpha value is -0.780. The van der Waals surface area contributed by atoms with Crippen molar-refractivity contribution in [3.05, 3.63) is 17.0 Å². The summed E-state index contributed by atoms with van der Waals surface area (Å²) in [4.78, 5) is 14.0. The number of aryl methyl sites for hydroxylation is 2. The van der Waals surface area contributed by atoms with Crippen molar-refractivity contribution in [3.63, 3.8) is 0 Å². The summed E-state index contributed by atoms with van der Waals surface area (Å²) in [5.74, 6) is 0.112. The summed E-state index contributed by atoms with van der Waals surface area (Å²) in [6, 6.07) is 0. The van der Waals surface area contributed by atoms with Gasteiger partial charge in [0.05, 0.1) is 12.1 Å². The molecule has 21 heavy (non-hydrogen) atoms. The van der Waals surface area contributed by atoms with Crippen molar-refractivity contribution in [2.45, 2.75) is 34.1 Å². The first-order valence-electron chi connectivity index (χ1n) is 6.61. The number of halogens is 2. The van der Waals surface area contributed by atoms with Crippen molar-refractivity contribution in [2.24, 2.45) is 18.2 Å². The van der Waals surface area contributed by atoms with Gasteiger partial charge in [0.15, 0.2) is 0 Å². The SMILES string of the molecule is Cc1nn(C)c(C)c1CC(=O)N(C)CC(C)(C)CN.Cl.Cl. The van der Waals surface area contributed by atoms with Crippen molar-refractivity contribution in [1.29, 1.82) is 0 Å². The summed E-state index contributed by atoms with van der Waals surface area (Å²) in [5.41, 5.74) is 8.67. The third-order valence-electron chi connectivity index (χ3n) is 3.63. The fourth-order valence-electron chi connectivity index (χ4n) is 2.15. The maximum absolute atomic E-state index is 12.3. The molecule has 124 valence electrons. The van der Waals surface area contributed by atoms with Gasteiger partial charge in [-0.25, -0.2) is 0 Å². The molecule has 0 radical (unpaired) electrons. The van der Waals surface area contributed by atoms with Crippen LogP contribution < -0.4 is 5.73 Å². The maximum atomic E-state index is 12.3. The van der Waals surface area contributed by atoms with Crippen molar-refractivity contribution in [3.8, 4) is 0 Å². The van der Waals surface area contributed by atoms with Gasteiger partial charge in [-0.05, 0) is 25.8 Å². The lowest BCUT2D eigenvalue weighted by Gasteiger charge is -2.29. The minimum Gasteiger partial charge on any atom is -0.345 e. The monoisotopic (exact) mass is 338 g/mol. The largest absolute Gasteiger partial charge is 0.345 e. The van der Waals surface area contributed by atoms with Crippen LogP contribution >= 0.6 is 24.8 Å². The van der Waals surface area contributed by atoms with E-state index in [1.807, 2.05) is 32.6 Å². The van der Waals surface area contributed by atoms with E-state index in [-0.39, 0.29) is 36.1 Å². The highest BCUT2D eigenvalue weighted by atomic mass is 35.5. The number of likely N-dealkylation sites (N-methyl/N-ethyl adjacent to an activating group) is 1. The molecule has 0 bridgehead atoms. The van der Waals surface area contributed by atoms with E-state index in [0.717, 1.165) is 17.0 Å². The molecule has 7 heteroatoms. The fourth-order valence-corrected chi connectivity index (χ4v) is 2.15. The molecule has 0 aliphatic carbocycles. The molecule has 0 aromatic carbocycles. The molecule has 1 aromatic heterocycles. The number of carbonyl (C=O) groups is 1. The molecule has 0 unspecified atom stereocenters. The van der Waals surface area contributed by atoms with Crippen LogP contribution in [0.2, 0.25) is 0 Å².